The molecule has 0 aliphatic heterocycles. The molecule has 1 aliphatic rings. The Morgan fingerprint density at radius 3 is 2.11 bits per heavy atom. The van der Waals surface area contributed by atoms with Crippen molar-refractivity contribution in [3.63, 3.8) is 0 Å². The third kappa shape index (κ3) is 6.58. The van der Waals surface area contributed by atoms with Crippen LogP contribution >= 0.6 is 0 Å². The van der Waals surface area contributed by atoms with Crippen molar-refractivity contribution < 1.29 is 4.79 Å². The molecule has 0 aromatic heterocycles. The molecule has 0 heterocycles. The van der Waals surface area contributed by atoms with E-state index in [1.54, 1.807) is 0 Å². The number of hydrogen-bond acceptors (Lipinski definition) is 1. The van der Waals surface area contributed by atoms with Crippen LogP contribution in [-0.4, -0.2) is 5.78 Å². The summed E-state index contributed by atoms with van der Waals surface area (Å²) in [6.07, 6.45) is 13.5. The number of carbonyl (C=O) groups excluding carboxylic acids is 1. The van der Waals surface area contributed by atoms with E-state index in [0.717, 1.165) is 37.5 Å². The van der Waals surface area contributed by atoms with Crippen LogP contribution in [0.1, 0.15) is 91.4 Å². The van der Waals surface area contributed by atoms with Gasteiger partial charge in [-0.1, -0.05) is 52.9 Å². The number of ketones is 1. The number of unbranched alkanes of at least 4 members (excludes halogenated alkanes) is 5. The minimum atomic E-state index is 0.408. The van der Waals surface area contributed by atoms with E-state index in [9.17, 15) is 4.79 Å². The van der Waals surface area contributed by atoms with Gasteiger partial charge in [-0.15, -0.1) is 0 Å². The molecule has 0 bridgehead atoms. The number of Topliss-reactive ketones (excluding diaryl/α,β-unsaturated/α-hetero) is 1. The van der Waals surface area contributed by atoms with E-state index in [1.807, 2.05) is 0 Å². The van der Waals surface area contributed by atoms with Crippen molar-refractivity contribution in [2.75, 3.05) is 0 Å². The van der Waals surface area contributed by atoms with Gasteiger partial charge in [0.25, 0.3) is 0 Å². The molecule has 0 unspecified atom stereocenters. The summed E-state index contributed by atoms with van der Waals surface area (Å²) in [5.74, 6) is 2.65. The molecule has 112 valence electrons. The van der Waals surface area contributed by atoms with E-state index in [-0.39, 0.29) is 0 Å². The molecular formula is C18H34O. The molecular weight excluding hydrogens is 232 g/mol. The van der Waals surface area contributed by atoms with Crippen LogP contribution in [-0.2, 0) is 4.79 Å². The second kappa shape index (κ2) is 9.55. The van der Waals surface area contributed by atoms with Gasteiger partial charge in [-0.05, 0) is 43.9 Å². The maximum Gasteiger partial charge on any atom is 0.135 e. The highest BCUT2D eigenvalue weighted by atomic mass is 16.1. The molecule has 0 spiro atoms. The zero-order valence-corrected chi connectivity index (χ0v) is 13.4. The van der Waals surface area contributed by atoms with Gasteiger partial charge in [-0.3, -0.25) is 4.79 Å². The lowest BCUT2D eigenvalue weighted by molar-refractivity contribution is -0.124. The third-order valence-corrected chi connectivity index (χ3v) is 4.95. The lowest BCUT2D eigenvalue weighted by Crippen LogP contribution is -2.24. The third-order valence-electron chi connectivity index (χ3n) is 4.95. The lowest BCUT2D eigenvalue weighted by atomic mass is 9.75. The van der Waals surface area contributed by atoms with Gasteiger partial charge in [-0.25, -0.2) is 0 Å². The van der Waals surface area contributed by atoms with Crippen molar-refractivity contribution >= 4 is 5.78 Å². The highest BCUT2D eigenvalue weighted by Gasteiger charge is 2.26. The molecule has 0 saturated heterocycles. The molecule has 1 aliphatic carbocycles. The molecule has 1 heteroatoms. The largest absolute Gasteiger partial charge is 0.299 e. The minimum absolute atomic E-state index is 0.408. The summed E-state index contributed by atoms with van der Waals surface area (Å²) in [5, 5.41) is 0. The van der Waals surface area contributed by atoms with Gasteiger partial charge in [-0.2, -0.15) is 0 Å². The molecule has 19 heavy (non-hydrogen) atoms. The fourth-order valence-corrected chi connectivity index (χ4v) is 3.39. The van der Waals surface area contributed by atoms with Crippen molar-refractivity contribution in [1.29, 1.82) is 0 Å². The summed E-state index contributed by atoms with van der Waals surface area (Å²) in [4.78, 5) is 12.2. The molecule has 0 radical (unpaired) electrons. The molecule has 0 aromatic carbocycles. The molecule has 1 saturated carbocycles. The number of rotatable bonds is 9. The Balaban J connectivity index is 2.07. The van der Waals surface area contributed by atoms with Gasteiger partial charge in [0.15, 0.2) is 0 Å². The second-order valence-corrected chi connectivity index (χ2v) is 6.84. The van der Waals surface area contributed by atoms with E-state index in [1.165, 1.54) is 44.9 Å². The van der Waals surface area contributed by atoms with Crippen molar-refractivity contribution in [3.8, 4) is 0 Å². The van der Waals surface area contributed by atoms with Gasteiger partial charge in [0.2, 0.25) is 0 Å². The predicted molar refractivity (Wildman–Crippen MR) is 83.3 cm³/mol. The average Bonchev–Trinajstić information content (AvgIpc) is 2.42. The van der Waals surface area contributed by atoms with E-state index in [0.29, 0.717) is 11.7 Å². The van der Waals surface area contributed by atoms with Crippen LogP contribution in [0.3, 0.4) is 0 Å². The maximum absolute atomic E-state index is 12.2. The van der Waals surface area contributed by atoms with Crippen LogP contribution in [0.2, 0.25) is 0 Å². The van der Waals surface area contributed by atoms with Crippen LogP contribution in [0.4, 0.5) is 0 Å². The summed E-state index contributed by atoms with van der Waals surface area (Å²) in [6.45, 7) is 6.89. The van der Waals surface area contributed by atoms with Gasteiger partial charge in [0.05, 0.1) is 0 Å². The number of hydrogen-bond donors (Lipinski definition) is 0. The topological polar surface area (TPSA) is 17.1 Å². The highest BCUT2D eigenvalue weighted by molar-refractivity contribution is 5.81. The Bertz CT molecular complexity index is 236. The molecule has 0 aromatic rings. The first kappa shape index (κ1) is 16.7. The highest BCUT2D eigenvalue weighted by Crippen LogP contribution is 2.34. The number of carbonyl (C=O) groups is 1. The predicted octanol–water partition coefficient (Wildman–Crippen LogP) is 5.77. The van der Waals surface area contributed by atoms with Crippen LogP contribution in [0.5, 0.6) is 0 Å². The van der Waals surface area contributed by atoms with Gasteiger partial charge < -0.3 is 0 Å². The Labute approximate surface area is 120 Å². The van der Waals surface area contributed by atoms with E-state index >= 15 is 0 Å². The molecule has 1 rings (SSSR count). The van der Waals surface area contributed by atoms with Crippen LogP contribution in [0, 0.1) is 17.8 Å². The minimum Gasteiger partial charge on any atom is -0.299 e. The zero-order valence-electron chi connectivity index (χ0n) is 13.4. The molecule has 0 amide bonds. The van der Waals surface area contributed by atoms with Crippen molar-refractivity contribution in [3.05, 3.63) is 0 Å². The Morgan fingerprint density at radius 2 is 1.53 bits per heavy atom. The fraction of sp³-hybridized carbons (Fsp3) is 0.944. The van der Waals surface area contributed by atoms with Gasteiger partial charge in [0.1, 0.15) is 5.78 Å². The molecule has 0 N–H and O–H groups in total. The van der Waals surface area contributed by atoms with E-state index in [4.69, 9.17) is 0 Å². The van der Waals surface area contributed by atoms with Crippen molar-refractivity contribution in [2.24, 2.45) is 17.8 Å². The van der Waals surface area contributed by atoms with E-state index < -0.39 is 0 Å². The second-order valence-electron chi connectivity index (χ2n) is 6.84. The van der Waals surface area contributed by atoms with Crippen LogP contribution in [0.25, 0.3) is 0 Å². The fourth-order valence-electron chi connectivity index (χ4n) is 3.39. The van der Waals surface area contributed by atoms with Crippen LogP contribution < -0.4 is 0 Å². The summed E-state index contributed by atoms with van der Waals surface area (Å²) >= 11 is 0. The molecule has 1 fully saturated rings. The zero-order chi connectivity index (χ0) is 14.1. The Kier molecular flexibility index (Phi) is 8.41. The quantitative estimate of drug-likeness (QED) is 0.484. The Morgan fingerprint density at radius 1 is 0.947 bits per heavy atom. The Hall–Kier alpha value is -0.330. The van der Waals surface area contributed by atoms with Crippen molar-refractivity contribution in [1.82, 2.24) is 0 Å². The van der Waals surface area contributed by atoms with Crippen LogP contribution in [0.15, 0.2) is 0 Å². The standard InChI is InChI=1S/C18H34O/c1-4-5-6-7-8-9-10-18(19)17-13-11-16(12-14-17)15(2)3/h15-17H,4-14H2,1-3H3. The molecule has 1 nitrogen and oxygen atoms in total. The summed E-state index contributed by atoms with van der Waals surface area (Å²) < 4.78 is 0. The first-order valence-corrected chi connectivity index (χ1v) is 8.67. The first-order valence-electron chi connectivity index (χ1n) is 8.67. The van der Waals surface area contributed by atoms with Gasteiger partial charge in [0, 0.05) is 12.3 Å². The lowest BCUT2D eigenvalue weighted by Gasteiger charge is -2.30. The SMILES string of the molecule is CCCCCCCCC(=O)C1CCC(C(C)C)CC1. The summed E-state index contributed by atoms with van der Waals surface area (Å²) in [5.41, 5.74) is 0. The normalized spacial score (nSPS) is 23.8. The summed E-state index contributed by atoms with van der Waals surface area (Å²) in [7, 11) is 0. The summed E-state index contributed by atoms with van der Waals surface area (Å²) in [6, 6.07) is 0. The maximum atomic E-state index is 12.2. The average molecular weight is 266 g/mol. The monoisotopic (exact) mass is 266 g/mol. The van der Waals surface area contributed by atoms with E-state index in [2.05, 4.69) is 20.8 Å². The van der Waals surface area contributed by atoms with Crippen molar-refractivity contribution in [2.45, 2.75) is 91.4 Å². The van der Waals surface area contributed by atoms with Gasteiger partial charge >= 0.3 is 0 Å². The molecule has 0 atom stereocenters. The smallest absolute Gasteiger partial charge is 0.135 e. The first-order chi connectivity index (χ1) is 9.15.